The lowest BCUT2D eigenvalue weighted by Crippen LogP contribution is -2.34. The number of non-ortho nitro benzene ring substituents is 1. The van der Waals surface area contributed by atoms with Crippen LogP contribution in [0, 0.1) is 10.1 Å². The van der Waals surface area contributed by atoms with Crippen LogP contribution in [0.5, 0.6) is 0 Å². The lowest BCUT2D eigenvalue weighted by molar-refractivity contribution is -0.384. The van der Waals surface area contributed by atoms with Gasteiger partial charge < -0.3 is 0 Å². The highest BCUT2D eigenvalue weighted by atomic mass is 16.6. The molecule has 0 N–H and O–H groups in total. The fourth-order valence-electron chi connectivity index (χ4n) is 2.78. The van der Waals surface area contributed by atoms with Crippen LogP contribution in [0.2, 0.25) is 0 Å². The van der Waals surface area contributed by atoms with Crippen molar-refractivity contribution in [2.45, 2.75) is 13.0 Å². The third kappa shape index (κ3) is 3.04. The number of benzene rings is 2. The highest BCUT2D eigenvalue weighted by Crippen LogP contribution is 2.19. The summed E-state index contributed by atoms with van der Waals surface area (Å²) >= 11 is 0. The number of rotatable bonds is 4. The lowest BCUT2D eigenvalue weighted by atomic mass is 9.99. The number of carbonyl (C=O) groups is 1. The molecular formula is C17H16N2O3. The summed E-state index contributed by atoms with van der Waals surface area (Å²) in [5, 5.41) is 10.8. The third-order valence-electron chi connectivity index (χ3n) is 3.96. The first-order valence-corrected chi connectivity index (χ1v) is 7.20. The molecular weight excluding hydrogens is 280 g/mol. The van der Waals surface area contributed by atoms with Crippen LogP contribution in [0.4, 0.5) is 5.69 Å². The van der Waals surface area contributed by atoms with Gasteiger partial charge in [-0.1, -0.05) is 36.4 Å². The predicted molar refractivity (Wildman–Crippen MR) is 82.8 cm³/mol. The van der Waals surface area contributed by atoms with Gasteiger partial charge >= 0.3 is 0 Å². The van der Waals surface area contributed by atoms with Crippen LogP contribution < -0.4 is 0 Å². The molecule has 1 aliphatic rings. The van der Waals surface area contributed by atoms with Crippen LogP contribution in [0.1, 0.15) is 21.5 Å². The Balaban J connectivity index is 1.70. The second-order valence-corrected chi connectivity index (χ2v) is 5.46. The Morgan fingerprint density at radius 1 is 1.14 bits per heavy atom. The van der Waals surface area contributed by atoms with Crippen molar-refractivity contribution in [2.24, 2.45) is 0 Å². The number of hydrogen-bond acceptors (Lipinski definition) is 4. The first-order chi connectivity index (χ1) is 10.6. The number of nitro benzene ring substituents is 1. The lowest BCUT2D eigenvalue weighted by Gasteiger charge is -2.28. The molecule has 2 aromatic carbocycles. The number of Topliss-reactive ketones (excluding diaryl/α,β-unsaturated/α-hetero) is 1. The van der Waals surface area contributed by atoms with Gasteiger partial charge in [0, 0.05) is 30.8 Å². The number of carbonyl (C=O) groups excluding carboxylic acids is 1. The molecule has 2 aromatic rings. The van der Waals surface area contributed by atoms with Crippen molar-refractivity contribution < 1.29 is 9.72 Å². The van der Waals surface area contributed by atoms with Crippen LogP contribution in [-0.4, -0.2) is 28.7 Å². The maximum absolute atomic E-state index is 12.3. The third-order valence-corrected chi connectivity index (χ3v) is 3.96. The summed E-state index contributed by atoms with van der Waals surface area (Å²) in [5.41, 5.74) is 2.94. The van der Waals surface area contributed by atoms with Gasteiger partial charge in [0.25, 0.3) is 5.69 Å². The highest BCUT2D eigenvalue weighted by molar-refractivity contribution is 5.98. The topological polar surface area (TPSA) is 63.5 Å². The van der Waals surface area contributed by atoms with Gasteiger partial charge in [0.2, 0.25) is 0 Å². The van der Waals surface area contributed by atoms with Crippen molar-refractivity contribution in [3.63, 3.8) is 0 Å². The molecule has 0 spiro atoms. The maximum Gasteiger partial charge on any atom is 0.270 e. The monoisotopic (exact) mass is 296 g/mol. The van der Waals surface area contributed by atoms with Gasteiger partial charge in [-0.25, -0.2) is 0 Å². The summed E-state index contributed by atoms with van der Waals surface area (Å²) in [6, 6.07) is 14.2. The molecule has 22 heavy (non-hydrogen) atoms. The van der Waals surface area contributed by atoms with E-state index in [2.05, 4.69) is 17.0 Å². The molecule has 0 bridgehead atoms. The molecule has 0 amide bonds. The quantitative estimate of drug-likeness (QED) is 0.494. The molecule has 5 nitrogen and oxygen atoms in total. The Morgan fingerprint density at radius 3 is 2.68 bits per heavy atom. The van der Waals surface area contributed by atoms with Crippen molar-refractivity contribution in [1.29, 1.82) is 0 Å². The normalized spacial score (nSPS) is 14.4. The van der Waals surface area contributed by atoms with Crippen LogP contribution in [0.25, 0.3) is 0 Å². The van der Waals surface area contributed by atoms with E-state index in [0.29, 0.717) is 5.56 Å². The zero-order valence-electron chi connectivity index (χ0n) is 12.1. The minimum atomic E-state index is -0.478. The summed E-state index contributed by atoms with van der Waals surface area (Å²) < 4.78 is 0. The number of ketones is 1. The van der Waals surface area contributed by atoms with E-state index < -0.39 is 4.92 Å². The number of fused-ring (bicyclic) bond motifs is 1. The SMILES string of the molecule is O=C(CN1CCc2ccccc2C1)c1cccc([N+](=O)[O-])c1. The Bertz CT molecular complexity index is 727. The molecule has 0 fully saturated rings. The molecule has 5 heteroatoms. The average Bonchev–Trinajstić information content (AvgIpc) is 2.55. The highest BCUT2D eigenvalue weighted by Gasteiger charge is 2.19. The first kappa shape index (κ1) is 14.4. The molecule has 0 saturated heterocycles. The van der Waals surface area contributed by atoms with Crippen LogP contribution in [0.3, 0.4) is 0 Å². The van der Waals surface area contributed by atoms with Gasteiger partial charge in [-0.15, -0.1) is 0 Å². The van der Waals surface area contributed by atoms with Crippen molar-refractivity contribution in [1.82, 2.24) is 4.90 Å². The number of nitro groups is 1. The van der Waals surface area contributed by atoms with E-state index in [0.717, 1.165) is 19.5 Å². The van der Waals surface area contributed by atoms with Gasteiger partial charge in [-0.2, -0.15) is 0 Å². The molecule has 0 unspecified atom stereocenters. The molecule has 0 aliphatic carbocycles. The van der Waals surface area contributed by atoms with Crippen LogP contribution in [0.15, 0.2) is 48.5 Å². The molecule has 3 rings (SSSR count). The Kier molecular flexibility index (Phi) is 3.98. The van der Waals surface area contributed by atoms with Crippen molar-refractivity contribution in [2.75, 3.05) is 13.1 Å². The number of nitrogens with zero attached hydrogens (tertiary/aromatic N) is 2. The maximum atomic E-state index is 12.3. The van der Waals surface area contributed by atoms with E-state index in [1.54, 1.807) is 12.1 Å². The van der Waals surface area contributed by atoms with Gasteiger partial charge in [0.05, 0.1) is 11.5 Å². The van der Waals surface area contributed by atoms with Gasteiger partial charge in [-0.3, -0.25) is 19.8 Å². The largest absolute Gasteiger partial charge is 0.293 e. The van der Waals surface area contributed by atoms with E-state index in [-0.39, 0.29) is 18.0 Å². The summed E-state index contributed by atoms with van der Waals surface area (Å²) in [4.78, 5) is 24.7. The summed E-state index contributed by atoms with van der Waals surface area (Å²) in [5.74, 6) is -0.0805. The van der Waals surface area contributed by atoms with Crippen molar-refractivity contribution >= 4 is 11.5 Å². The fraction of sp³-hybridized carbons (Fsp3) is 0.235. The molecule has 0 aromatic heterocycles. The van der Waals surface area contributed by atoms with E-state index in [4.69, 9.17) is 0 Å². The second kappa shape index (κ2) is 6.07. The smallest absolute Gasteiger partial charge is 0.270 e. The number of hydrogen-bond donors (Lipinski definition) is 0. The summed E-state index contributed by atoms with van der Waals surface area (Å²) in [6.45, 7) is 1.87. The zero-order valence-corrected chi connectivity index (χ0v) is 12.1. The predicted octanol–water partition coefficient (Wildman–Crippen LogP) is 2.84. The standard InChI is InChI=1S/C17H16N2O3/c20-17(14-6-3-7-16(10-14)19(21)22)12-18-9-8-13-4-1-2-5-15(13)11-18/h1-7,10H,8-9,11-12H2. The average molecular weight is 296 g/mol. The minimum Gasteiger partial charge on any atom is -0.293 e. The fourth-order valence-corrected chi connectivity index (χ4v) is 2.78. The molecule has 0 radical (unpaired) electrons. The first-order valence-electron chi connectivity index (χ1n) is 7.20. The molecule has 1 heterocycles. The van der Waals surface area contributed by atoms with Crippen molar-refractivity contribution in [3.05, 3.63) is 75.3 Å². The van der Waals surface area contributed by atoms with Gasteiger partial charge in [0.15, 0.2) is 5.78 Å². The van der Waals surface area contributed by atoms with E-state index in [1.807, 2.05) is 12.1 Å². The van der Waals surface area contributed by atoms with Crippen LogP contribution >= 0.6 is 0 Å². The Morgan fingerprint density at radius 2 is 1.91 bits per heavy atom. The summed E-state index contributed by atoms with van der Waals surface area (Å²) in [6.07, 6.45) is 0.929. The van der Waals surface area contributed by atoms with E-state index in [1.165, 1.54) is 23.3 Å². The Labute approximate surface area is 128 Å². The van der Waals surface area contributed by atoms with Crippen molar-refractivity contribution in [3.8, 4) is 0 Å². The van der Waals surface area contributed by atoms with Crippen LogP contribution in [-0.2, 0) is 13.0 Å². The van der Waals surface area contributed by atoms with Gasteiger partial charge in [-0.05, 0) is 17.5 Å². The minimum absolute atomic E-state index is 0.0464. The van der Waals surface area contributed by atoms with E-state index in [9.17, 15) is 14.9 Å². The molecule has 0 saturated carbocycles. The molecule has 0 atom stereocenters. The molecule has 1 aliphatic heterocycles. The van der Waals surface area contributed by atoms with E-state index >= 15 is 0 Å². The second-order valence-electron chi connectivity index (χ2n) is 5.46. The Hall–Kier alpha value is -2.53. The van der Waals surface area contributed by atoms with Gasteiger partial charge in [0.1, 0.15) is 0 Å². The zero-order chi connectivity index (χ0) is 15.5. The summed E-state index contributed by atoms with van der Waals surface area (Å²) in [7, 11) is 0. The molecule has 112 valence electrons.